The predicted octanol–water partition coefficient (Wildman–Crippen LogP) is 9.89. The Labute approximate surface area is 232 Å². The van der Waals surface area contributed by atoms with Crippen LogP contribution in [-0.4, -0.2) is 17.5 Å². The molecule has 0 unspecified atom stereocenters. The fraction of sp³-hybridized carbons (Fsp3) is 0.286. The van der Waals surface area contributed by atoms with Gasteiger partial charge in [0, 0.05) is 29.0 Å². The van der Waals surface area contributed by atoms with Gasteiger partial charge in [-0.2, -0.15) is 34.6 Å². The number of hydrogen-bond acceptors (Lipinski definition) is 2. The maximum Gasteiger partial charge on any atom is 0.409 e. The van der Waals surface area contributed by atoms with Crippen molar-refractivity contribution in [1.82, 2.24) is 0 Å². The molecule has 1 saturated carbocycles. The molecule has 0 saturated heterocycles. The van der Waals surface area contributed by atoms with Crippen LogP contribution in [0.4, 0.5) is 48.3 Å². The Balaban J connectivity index is 1.64. The molecule has 1 aliphatic carbocycles. The topological polar surface area (TPSA) is 9.23 Å². The number of allylic oxidation sites excluding steroid dienone is 1. The van der Waals surface area contributed by atoms with Crippen LogP contribution in [0.5, 0.6) is 5.75 Å². The highest BCUT2D eigenvalue weighted by Crippen LogP contribution is 2.41. The van der Waals surface area contributed by atoms with Crippen LogP contribution in [0.15, 0.2) is 42.5 Å². The summed E-state index contributed by atoms with van der Waals surface area (Å²) in [7, 11) is 0. The molecule has 0 amide bonds. The second-order valence-corrected chi connectivity index (χ2v) is 10.2. The standard InChI is InChI=1S/C28H19F11OS/c29-19-7-13(8-20(30)18(19)5-6-27(35,36)37)25-21(31)9-14(10-22(25)32)26-23(33)11-16(12-24(26)34)40-28(38,39)15-1-3-17(41)4-2-15/h5-12,15,17,41H,1-4H2/b6-5+. The second kappa shape index (κ2) is 11.6. The van der Waals surface area contributed by atoms with Gasteiger partial charge in [-0.1, -0.05) is 0 Å². The van der Waals surface area contributed by atoms with Crippen LogP contribution in [-0.2, 0) is 0 Å². The van der Waals surface area contributed by atoms with Crippen molar-refractivity contribution in [3.05, 3.63) is 82.9 Å². The number of alkyl halides is 5. The van der Waals surface area contributed by atoms with E-state index in [4.69, 9.17) is 0 Å². The highest BCUT2D eigenvalue weighted by molar-refractivity contribution is 7.80. The van der Waals surface area contributed by atoms with E-state index >= 15 is 0 Å². The van der Waals surface area contributed by atoms with Crippen molar-refractivity contribution in [3.8, 4) is 28.0 Å². The number of benzene rings is 3. The van der Waals surface area contributed by atoms with Gasteiger partial charge in [0.25, 0.3) is 0 Å². The predicted molar refractivity (Wildman–Crippen MR) is 132 cm³/mol. The number of thiol groups is 1. The Morgan fingerprint density at radius 1 is 0.634 bits per heavy atom. The lowest BCUT2D eigenvalue weighted by molar-refractivity contribution is -0.221. The SMILES string of the molecule is Fc1cc(-c2c(F)cc(-c3c(F)cc(OC(F)(F)C4CCC(S)CC4)cc3F)cc2F)cc(F)c1/C=C/C(F)(F)F. The molecule has 1 nitrogen and oxygen atoms in total. The Hall–Kier alpha value is -3.22. The molecule has 0 aromatic heterocycles. The molecule has 0 N–H and O–H groups in total. The van der Waals surface area contributed by atoms with E-state index in [2.05, 4.69) is 17.4 Å². The molecule has 4 rings (SSSR count). The van der Waals surface area contributed by atoms with E-state index < -0.39 is 92.7 Å². The first-order valence-electron chi connectivity index (χ1n) is 12.0. The van der Waals surface area contributed by atoms with Crippen LogP contribution in [0.1, 0.15) is 31.2 Å². The van der Waals surface area contributed by atoms with E-state index in [0.717, 1.165) is 0 Å². The monoisotopic (exact) mass is 612 g/mol. The summed E-state index contributed by atoms with van der Waals surface area (Å²) in [5.41, 5.74) is -4.60. The van der Waals surface area contributed by atoms with E-state index in [-0.39, 0.29) is 24.2 Å². The number of hydrogen-bond donors (Lipinski definition) is 1. The summed E-state index contributed by atoms with van der Waals surface area (Å²) < 4.78 is 159. The summed E-state index contributed by atoms with van der Waals surface area (Å²) in [6.45, 7) is 0. The molecule has 3 aromatic rings. The zero-order valence-corrected chi connectivity index (χ0v) is 21.5. The summed E-state index contributed by atoms with van der Waals surface area (Å²) >= 11 is 4.23. The number of rotatable bonds is 6. The highest BCUT2D eigenvalue weighted by atomic mass is 32.1. The Morgan fingerprint density at radius 3 is 1.49 bits per heavy atom. The van der Waals surface area contributed by atoms with Crippen LogP contribution < -0.4 is 4.74 Å². The minimum Gasteiger partial charge on any atom is -0.432 e. The summed E-state index contributed by atoms with van der Waals surface area (Å²) in [5, 5.41) is -0.0405. The fourth-order valence-corrected chi connectivity index (χ4v) is 4.89. The second-order valence-electron chi connectivity index (χ2n) is 9.47. The average molecular weight is 613 g/mol. The molecule has 220 valence electrons. The molecular formula is C28H19F11OS. The highest BCUT2D eigenvalue weighted by Gasteiger charge is 2.44. The molecular weight excluding hydrogens is 593 g/mol. The van der Waals surface area contributed by atoms with Gasteiger partial charge in [0.1, 0.15) is 40.7 Å². The van der Waals surface area contributed by atoms with Gasteiger partial charge in [0.05, 0.1) is 17.0 Å². The van der Waals surface area contributed by atoms with Gasteiger partial charge >= 0.3 is 12.3 Å². The van der Waals surface area contributed by atoms with Gasteiger partial charge in [0.15, 0.2) is 0 Å². The van der Waals surface area contributed by atoms with Crippen molar-refractivity contribution in [2.45, 2.75) is 43.2 Å². The zero-order chi connectivity index (χ0) is 30.3. The lowest BCUT2D eigenvalue weighted by Gasteiger charge is -2.31. The Morgan fingerprint density at radius 2 is 1.05 bits per heavy atom. The van der Waals surface area contributed by atoms with Crippen molar-refractivity contribution in [3.63, 3.8) is 0 Å². The molecule has 0 radical (unpaired) electrons. The summed E-state index contributed by atoms with van der Waals surface area (Å²) in [4.78, 5) is 0. The third-order valence-electron chi connectivity index (χ3n) is 6.58. The first kappa shape index (κ1) is 30.7. The summed E-state index contributed by atoms with van der Waals surface area (Å²) in [6.07, 6.45) is -8.00. The maximum absolute atomic E-state index is 14.9. The van der Waals surface area contributed by atoms with Gasteiger partial charge in [-0.05, 0) is 67.2 Å². The average Bonchev–Trinajstić information content (AvgIpc) is 2.82. The largest absolute Gasteiger partial charge is 0.432 e. The fourth-order valence-electron chi connectivity index (χ4n) is 4.60. The molecule has 0 bridgehead atoms. The van der Waals surface area contributed by atoms with Gasteiger partial charge < -0.3 is 4.74 Å². The molecule has 0 aliphatic heterocycles. The zero-order valence-electron chi connectivity index (χ0n) is 20.6. The van der Waals surface area contributed by atoms with Crippen LogP contribution in [0.25, 0.3) is 28.3 Å². The smallest absolute Gasteiger partial charge is 0.409 e. The quantitative estimate of drug-likeness (QED) is 0.215. The third-order valence-corrected chi connectivity index (χ3v) is 7.10. The Bertz CT molecular complexity index is 1410. The number of ether oxygens (including phenoxy) is 1. The van der Waals surface area contributed by atoms with Crippen molar-refractivity contribution in [2.24, 2.45) is 5.92 Å². The van der Waals surface area contributed by atoms with E-state index in [1.807, 2.05) is 0 Å². The molecule has 3 aromatic carbocycles. The summed E-state index contributed by atoms with van der Waals surface area (Å²) in [6, 6.07) is 2.51. The van der Waals surface area contributed by atoms with Crippen molar-refractivity contribution >= 4 is 18.7 Å². The molecule has 1 fully saturated rings. The van der Waals surface area contributed by atoms with Crippen LogP contribution in [0.2, 0.25) is 0 Å². The molecule has 0 heterocycles. The number of halogens is 11. The lowest BCUT2D eigenvalue weighted by Crippen LogP contribution is -2.37. The van der Waals surface area contributed by atoms with Crippen LogP contribution >= 0.6 is 12.6 Å². The summed E-state index contributed by atoms with van der Waals surface area (Å²) in [5.74, 6) is -11.2. The van der Waals surface area contributed by atoms with Gasteiger partial charge in [0.2, 0.25) is 0 Å². The molecule has 0 atom stereocenters. The normalized spacial score (nSPS) is 18.2. The van der Waals surface area contributed by atoms with Crippen molar-refractivity contribution in [2.75, 3.05) is 0 Å². The molecule has 41 heavy (non-hydrogen) atoms. The minimum atomic E-state index is -4.88. The molecule has 1 aliphatic rings. The van der Waals surface area contributed by atoms with E-state index in [0.29, 0.717) is 49.2 Å². The van der Waals surface area contributed by atoms with Gasteiger partial charge in [-0.15, -0.1) is 0 Å². The Kier molecular flexibility index (Phi) is 8.68. The van der Waals surface area contributed by atoms with Crippen LogP contribution in [0, 0.1) is 40.8 Å². The van der Waals surface area contributed by atoms with E-state index in [1.54, 1.807) is 0 Å². The van der Waals surface area contributed by atoms with Crippen molar-refractivity contribution < 1.29 is 53.0 Å². The lowest BCUT2D eigenvalue weighted by atomic mass is 9.88. The molecule has 13 heteroatoms. The maximum atomic E-state index is 14.9. The van der Waals surface area contributed by atoms with Gasteiger partial charge in [-0.3, -0.25) is 0 Å². The van der Waals surface area contributed by atoms with E-state index in [9.17, 15) is 48.3 Å². The third kappa shape index (κ3) is 6.99. The van der Waals surface area contributed by atoms with Crippen LogP contribution in [0.3, 0.4) is 0 Å². The molecule has 0 spiro atoms. The first-order valence-corrected chi connectivity index (χ1v) is 12.6. The minimum absolute atomic E-state index is 0.0405. The van der Waals surface area contributed by atoms with Crippen molar-refractivity contribution in [1.29, 1.82) is 0 Å². The first-order chi connectivity index (χ1) is 19.1. The van der Waals surface area contributed by atoms with E-state index in [1.165, 1.54) is 0 Å². The van der Waals surface area contributed by atoms with Gasteiger partial charge in [-0.25, -0.2) is 26.3 Å².